The predicted molar refractivity (Wildman–Crippen MR) is 116 cm³/mol. The molecular formula is C22H21ClN4O4. The van der Waals surface area contributed by atoms with Crippen molar-refractivity contribution in [1.82, 2.24) is 10.2 Å². The Morgan fingerprint density at radius 3 is 2.68 bits per heavy atom. The number of nitrogens with zero attached hydrogens (tertiary/aromatic N) is 1. The number of rotatable bonds is 5. The Hall–Kier alpha value is -3.39. The van der Waals surface area contributed by atoms with E-state index in [0.717, 1.165) is 11.1 Å². The van der Waals surface area contributed by atoms with E-state index in [2.05, 4.69) is 16.0 Å². The minimum Gasteiger partial charge on any atom is -0.376 e. The topological polar surface area (TPSA) is 108 Å². The molecule has 31 heavy (non-hydrogen) atoms. The van der Waals surface area contributed by atoms with Crippen molar-refractivity contribution in [2.45, 2.75) is 32.4 Å². The third-order valence-corrected chi connectivity index (χ3v) is 5.84. The van der Waals surface area contributed by atoms with Gasteiger partial charge in [-0.25, -0.2) is 0 Å². The fraction of sp³-hybridized carbons (Fsp3) is 0.273. The van der Waals surface area contributed by atoms with Crippen LogP contribution < -0.4 is 16.0 Å². The first kappa shape index (κ1) is 20.9. The number of aryl methyl sites for hydroxylation is 1. The summed E-state index contributed by atoms with van der Waals surface area (Å²) in [6, 6.07) is 9.91. The zero-order valence-electron chi connectivity index (χ0n) is 16.8. The molecule has 1 atom stereocenters. The average Bonchev–Trinajstić information content (AvgIpc) is 3.05. The second kappa shape index (κ2) is 8.39. The smallest absolute Gasteiger partial charge is 0.255 e. The molecule has 4 amide bonds. The largest absolute Gasteiger partial charge is 0.376 e. The van der Waals surface area contributed by atoms with E-state index in [1.165, 1.54) is 4.90 Å². The number of hydrogen-bond donors (Lipinski definition) is 3. The summed E-state index contributed by atoms with van der Waals surface area (Å²) in [5, 5.41) is 8.64. The summed E-state index contributed by atoms with van der Waals surface area (Å²) >= 11 is 6.08. The molecule has 0 saturated carbocycles. The van der Waals surface area contributed by atoms with Crippen LogP contribution in [0.2, 0.25) is 5.02 Å². The average molecular weight is 441 g/mol. The molecule has 1 saturated heterocycles. The summed E-state index contributed by atoms with van der Waals surface area (Å²) in [5.74, 6) is -1.27. The lowest BCUT2D eigenvalue weighted by Gasteiger charge is -2.29. The second-order valence-corrected chi connectivity index (χ2v) is 8.04. The van der Waals surface area contributed by atoms with Gasteiger partial charge in [-0.3, -0.25) is 24.5 Å². The Morgan fingerprint density at radius 1 is 1.16 bits per heavy atom. The lowest BCUT2D eigenvalue weighted by molar-refractivity contribution is -0.137. The monoisotopic (exact) mass is 440 g/mol. The van der Waals surface area contributed by atoms with Gasteiger partial charge in [-0.1, -0.05) is 23.7 Å². The first-order chi connectivity index (χ1) is 14.8. The zero-order valence-corrected chi connectivity index (χ0v) is 17.6. The van der Waals surface area contributed by atoms with Crippen molar-refractivity contribution in [3.05, 3.63) is 58.1 Å². The standard InChI is InChI=1S/C22H21ClN4O4/c1-12-2-4-15(9-17(12)23)25-20(29)10-24-14-5-3-13-11-27(22(31)16(13)8-14)18-6-7-19(28)26-21(18)30/h2-5,8-9,18,24H,6-7,10-11H2,1H3,(H,25,29)(H,26,28,30). The number of amides is 4. The molecular weight excluding hydrogens is 420 g/mol. The van der Waals surface area contributed by atoms with Crippen molar-refractivity contribution in [3.63, 3.8) is 0 Å². The molecule has 0 bridgehead atoms. The van der Waals surface area contributed by atoms with Crippen LogP contribution in [-0.4, -0.2) is 41.1 Å². The summed E-state index contributed by atoms with van der Waals surface area (Å²) < 4.78 is 0. The number of anilines is 2. The lowest BCUT2D eigenvalue weighted by Crippen LogP contribution is -2.52. The summed E-state index contributed by atoms with van der Waals surface area (Å²) in [4.78, 5) is 50.1. The van der Waals surface area contributed by atoms with Gasteiger partial charge >= 0.3 is 0 Å². The van der Waals surface area contributed by atoms with E-state index in [1.807, 2.05) is 13.0 Å². The Labute approximate surface area is 183 Å². The first-order valence-corrected chi connectivity index (χ1v) is 10.3. The molecule has 2 aliphatic rings. The third-order valence-electron chi connectivity index (χ3n) is 5.44. The van der Waals surface area contributed by atoms with Crippen molar-refractivity contribution in [2.24, 2.45) is 0 Å². The number of nitrogens with one attached hydrogen (secondary N) is 3. The van der Waals surface area contributed by atoms with Crippen LogP contribution in [0.4, 0.5) is 11.4 Å². The predicted octanol–water partition coefficient (Wildman–Crippen LogP) is 2.46. The van der Waals surface area contributed by atoms with E-state index in [4.69, 9.17) is 11.6 Å². The molecule has 9 heteroatoms. The third kappa shape index (κ3) is 4.39. The molecule has 160 valence electrons. The van der Waals surface area contributed by atoms with Crippen LogP contribution in [-0.2, 0) is 20.9 Å². The number of benzene rings is 2. The molecule has 2 aromatic rings. The van der Waals surface area contributed by atoms with Gasteiger partial charge in [0.1, 0.15) is 6.04 Å². The van der Waals surface area contributed by atoms with E-state index in [1.54, 1.807) is 30.3 Å². The summed E-state index contributed by atoms with van der Waals surface area (Å²) in [6.07, 6.45) is 0.531. The molecule has 3 N–H and O–H groups in total. The molecule has 2 heterocycles. The van der Waals surface area contributed by atoms with Crippen LogP contribution in [0.15, 0.2) is 36.4 Å². The van der Waals surface area contributed by atoms with Gasteiger partial charge in [-0.2, -0.15) is 0 Å². The molecule has 0 aromatic heterocycles. The first-order valence-electron chi connectivity index (χ1n) is 9.89. The highest BCUT2D eigenvalue weighted by Crippen LogP contribution is 2.29. The van der Waals surface area contributed by atoms with E-state index in [-0.39, 0.29) is 30.7 Å². The lowest BCUT2D eigenvalue weighted by atomic mass is 10.0. The van der Waals surface area contributed by atoms with E-state index in [9.17, 15) is 19.2 Å². The van der Waals surface area contributed by atoms with Gasteiger partial charge in [-0.15, -0.1) is 0 Å². The van der Waals surface area contributed by atoms with Gasteiger partial charge < -0.3 is 15.5 Å². The minimum absolute atomic E-state index is 0.00926. The number of carbonyl (C=O) groups is 4. The van der Waals surface area contributed by atoms with Gasteiger partial charge in [-0.05, 0) is 48.7 Å². The summed E-state index contributed by atoms with van der Waals surface area (Å²) in [5.41, 5.74) is 3.44. The van der Waals surface area contributed by atoms with E-state index < -0.39 is 11.9 Å². The van der Waals surface area contributed by atoms with Gasteiger partial charge in [0.2, 0.25) is 17.7 Å². The van der Waals surface area contributed by atoms with Crippen LogP contribution in [0.25, 0.3) is 0 Å². The quantitative estimate of drug-likeness (QED) is 0.619. The number of hydrogen-bond acceptors (Lipinski definition) is 5. The van der Waals surface area contributed by atoms with Gasteiger partial charge in [0.05, 0.1) is 6.54 Å². The van der Waals surface area contributed by atoms with Crippen LogP contribution >= 0.6 is 11.6 Å². The number of carbonyl (C=O) groups excluding carboxylic acids is 4. The highest BCUT2D eigenvalue weighted by atomic mass is 35.5. The highest BCUT2D eigenvalue weighted by Gasteiger charge is 2.39. The van der Waals surface area contributed by atoms with Crippen molar-refractivity contribution >= 4 is 46.6 Å². The normalized spacial score (nSPS) is 17.9. The van der Waals surface area contributed by atoms with Crippen molar-refractivity contribution in [3.8, 4) is 0 Å². The maximum Gasteiger partial charge on any atom is 0.255 e. The molecule has 1 fully saturated rings. The molecule has 0 aliphatic carbocycles. The minimum atomic E-state index is -0.652. The van der Waals surface area contributed by atoms with Crippen LogP contribution in [0.1, 0.15) is 34.3 Å². The number of imide groups is 1. The van der Waals surface area contributed by atoms with Crippen LogP contribution in [0.5, 0.6) is 0 Å². The fourth-order valence-electron chi connectivity index (χ4n) is 3.72. The zero-order chi connectivity index (χ0) is 22.1. The van der Waals surface area contributed by atoms with Crippen molar-refractivity contribution in [2.75, 3.05) is 17.2 Å². The Morgan fingerprint density at radius 2 is 1.94 bits per heavy atom. The maximum absolute atomic E-state index is 12.9. The SMILES string of the molecule is Cc1ccc(NC(=O)CNc2ccc3c(c2)C(=O)N(C2CCC(=O)NC2=O)C3)cc1Cl. The molecule has 0 spiro atoms. The molecule has 2 aromatic carbocycles. The number of halogens is 1. The Kier molecular flexibility index (Phi) is 5.65. The van der Waals surface area contributed by atoms with E-state index in [0.29, 0.717) is 34.9 Å². The molecule has 2 aliphatic heterocycles. The maximum atomic E-state index is 12.9. The molecule has 1 unspecified atom stereocenters. The molecule has 0 radical (unpaired) electrons. The summed E-state index contributed by atoms with van der Waals surface area (Å²) in [7, 11) is 0. The Bertz CT molecular complexity index is 1100. The van der Waals surface area contributed by atoms with Crippen LogP contribution in [0, 0.1) is 6.92 Å². The van der Waals surface area contributed by atoms with Crippen LogP contribution in [0.3, 0.4) is 0 Å². The Balaban J connectivity index is 1.38. The molecule has 8 nitrogen and oxygen atoms in total. The van der Waals surface area contributed by atoms with Gasteiger partial charge in [0, 0.05) is 34.9 Å². The number of piperidine rings is 1. The second-order valence-electron chi connectivity index (χ2n) is 7.64. The summed E-state index contributed by atoms with van der Waals surface area (Å²) in [6.45, 7) is 2.21. The fourth-order valence-corrected chi connectivity index (χ4v) is 3.90. The van der Waals surface area contributed by atoms with Gasteiger partial charge in [0.25, 0.3) is 5.91 Å². The van der Waals surface area contributed by atoms with Crippen molar-refractivity contribution < 1.29 is 19.2 Å². The van der Waals surface area contributed by atoms with Crippen molar-refractivity contribution in [1.29, 1.82) is 0 Å². The number of fused-ring (bicyclic) bond motifs is 1. The van der Waals surface area contributed by atoms with E-state index >= 15 is 0 Å². The molecule has 4 rings (SSSR count). The van der Waals surface area contributed by atoms with Gasteiger partial charge in [0.15, 0.2) is 0 Å². The highest BCUT2D eigenvalue weighted by molar-refractivity contribution is 6.31.